The van der Waals surface area contributed by atoms with Crippen LogP contribution in [0.3, 0.4) is 0 Å². The minimum absolute atomic E-state index is 0.0548. The molecule has 6 heteroatoms. The van der Waals surface area contributed by atoms with Gasteiger partial charge >= 0.3 is 0 Å². The molecule has 0 aromatic heterocycles. The number of para-hydroxylation sites is 1. The van der Waals surface area contributed by atoms with Gasteiger partial charge < -0.3 is 5.11 Å². The molecule has 0 atom stereocenters. The first-order chi connectivity index (χ1) is 9.58. The summed E-state index contributed by atoms with van der Waals surface area (Å²) >= 11 is 0. The first-order valence-electron chi connectivity index (χ1n) is 5.88. The molecule has 0 aliphatic heterocycles. The van der Waals surface area contributed by atoms with E-state index < -0.39 is 4.92 Å². The van der Waals surface area contributed by atoms with Crippen LogP contribution in [0.5, 0.6) is 5.75 Å². The predicted octanol–water partition coefficient (Wildman–Crippen LogP) is 2.77. The quantitative estimate of drug-likeness (QED) is 0.527. The Bertz CT molecular complexity index is 641. The number of nitro groups is 1. The van der Waals surface area contributed by atoms with Crippen LogP contribution in [-0.2, 0) is 0 Å². The molecule has 20 heavy (non-hydrogen) atoms. The van der Waals surface area contributed by atoms with Crippen molar-refractivity contribution in [3.63, 3.8) is 0 Å². The van der Waals surface area contributed by atoms with Gasteiger partial charge in [0.1, 0.15) is 5.75 Å². The fraction of sp³-hybridized carbons (Fsp3) is 0.0714. The molecule has 0 bridgehead atoms. The van der Waals surface area contributed by atoms with Gasteiger partial charge in [-0.2, -0.15) is 5.10 Å². The Morgan fingerprint density at radius 1 is 1.25 bits per heavy atom. The van der Waals surface area contributed by atoms with Gasteiger partial charge in [0.15, 0.2) is 0 Å². The second kappa shape index (κ2) is 5.83. The molecular formula is C14H13N3O3. The van der Waals surface area contributed by atoms with Gasteiger partial charge in [-0.25, -0.2) is 0 Å². The highest BCUT2D eigenvalue weighted by Crippen LogP contribution is 2.21. The summed E-state index contributed by atoms with van der Waals surface area (Å²) in [6.07, 6.45) is 1.38. The summed E-state index contributed by atoms with van der Waals surface area (Å²) in [7, 11) is 1.75. The zero-order valence-corrected chi connectivity index (χ0v) is 10.8. The number of hydrazone groups is 1. The maximum Gasteiger partial charge on any atom is 0.270 e. The Kier molecular flexibility index (Phi) is 3.95. The van der Waals surface area contributed by atoms with Crippen LogP contribution in [0.4, 0.5) is 11.4 Å². The van der Waals surface area contributed by atoms with Crippen LogP contribution in [0.2, 0.25) is 0 Å². The highest BCUT2D eigenvalue weighted by atomic mass is 16.6. The second-order valence-electron chi connectivity index (χ2n) is 4.10. The predicted molar refractivity (Wildman–Crippen MR) is 77.2 cm³/mol. The van der Waals surface area contributed by atoms with E-state index in [4.69, 9.17) is 0 Å². The van der Waals surface area contributed by atoms with Crippen LogP contribution >= 0.6 is 0 Å². The molecule has 0 saturated heterocycles. The number of nitro benzene ring substituents is 1. The molecule has 2 aromatic rings. The van der Waals surface area contributed by atoms with Crippen LogP contribution < -0.4 is 5.01 Å². The largest absolute Gasteiger partial charge is 0.507 e. The number of benzene rings is 2. The molecule has 0 unspecified atom stereocenters. The average Bonchev–Trinajstić information content (AvgIpc) is 2.46. The second-order valence-corrected chi connectivity index (χ2v) is 4.10. The summed E-state index contributed by atoms with van der Waals surface area (Å²) < 4.78 is 0. The van der Waals surface area contributed by atoms with Gasteiger partial charge in [0.2, 0.25) is 0 Å². The van der Waals surface area contributed by atoms with Crippen molar-refractivity contribution in [1.82, 2.24) is 0 Å². The molecule has 0 aliphatic rings. The number of aromatic hydroxyl groups is 1. The maximum atomic E-state index is 10.7. The van der Waals surface area contributed by atoms with Crippen LogP contribution in [0.1, 0.15) is 5.56 Å². The van der Waals surface area contributed by atoms with Crippen molar-refractivity contribution < 1.29 is 10.0 Å². The van der Waals surface area contributed by atoms with Gasteiger partial charge in [-0.15, -0.1) is 0 Å². The molecule has 0 fully saturated rings. The molecule has 0 aliphatic carbocycles. The van der Waals surface area contributed by atoms with E-state index in [1.807, 2.05) is 30.3 Å². The SMILES string of the molecule is CN(/N=C/c1cc([N+](=O)[O-])ccc1O)c1ccccc1. The third kappa shape index (κ3) is 3.11. The van der Waals surface area contributed by atoms with E-state index in [1.165, 1.54) is 24.4 Å². The lowest BCUT2D eigenvalue weighted by Crippen LogP contribution is -2.08. The Labute approximate surface area is 115 Å². The molecule has 0 spiro atoms. The van der Waals surface area contributed by atoms with E-state index in [0.717, 1.165) is 5.69 Å². The zero-order chi connectivity index (χ0) is 14.5. The van der Waals surface area contributed by atoms with Crippen LogP contribution in [0, 0.1) is 10.1 Å². The molecule has 0 heterocycles. The summed E-state index contributed by atoms with van der Waals surface area (Å²) in [6, 6.07) is 13.2. The zero-order valence-electron chi connectivity index (χ0n) is 10.8. The summed E-state index contributed by atoms with van der Waals surface area (Å²) in [5, 5.41) is 26.1. The molecule has 6 nitrogen and oxygen atoms in total. The van der Waals surface area contributed by atoms with Crippen molar-refractivity contribution in [2.75, 3.05) is 12.1 Å². The highest BCUT2D eigenvalue weighted by molar-refractivity contribution is 5.85. The summed E-state index contributed by atoms with van der Waals surface area (Å²) in [4.78, 5) is 10.2. The first kappa shape index (κ1) is 13.5. The molecule has 2 rings (SSSR count). The van der Waals surface area contributed by atoms with Crippen molar-refractivity contribution in [2.45, 2.75) is 0 Å². The number of phenolic OH excluding ortho intramolecular Hbond substituents is 1. The number of nitrogens with zero attached hydrogens (tertiary/aromatic N) is 3. The van der Waals surface area contributed by atoms with E-state index >= 15 is 0 Å². The standard InChI is InChI=1S/C14H13N3O3/c1-16(12-5-3-2-4-6-12)15-10-11-9-13(17(19)20)7-8-14(11)18/h2-10,18H,1H3/b15-10+. The van der Waals surface area contributed by atoms with E-state index in [2.05, 4.69) is 5.10 Å². The Morgan fingerprint density at radius 2 is 1.95 bits per heavy atom. The molecule has 0 saturated carbocycles. The fourth-order valence-electron chi connectivity index (χ4n) is 1.62. The van der Waals surface area contributed by atoms with Gasteiger partial charge in [-0.1, -0.05) is 18.2 Å². The molecule has 102 valence electrons. The molecule has 0 radical (unpaired) electrons. The lowest BCUT2D eigenvalue weighted by atomic mass is 10.2. The van der Waals surface area contributed by atoms with Crippen molar-refractivity contribution >= 4 is 17.6 Å². The molecule has 2 aromatic carbocycles. The number of non-ortho nitro benzene ring substituents is 1. The summed E-state index contributed by atoms with van der Waals surface area (Å²) in [5.41, 5.74) is 1.07. The smallest absolute Gasteiger partial charge is 0.270 e. The van der Waals surface area contributed by atoms with Gasteiger partial charge in [0, 0.05) is 24.7 Å². The maximum absolute atomic E-state index is 10.7. The van der Waals surface area contributed by atoms with Crippen molar-refractivity contribution in [3.05, 3.63) is 64.2 Å². The topological polar surface area (TPSA) is 79.0 Å². The van der Waals surface area contributed by atoms with Gasteiger partial charge in [-0.3, -0.25) is 15.1 Å². The van der Waals surface area contributed by atoms with E-state index in [0.29, 0.717) is 5.56 Å². The van der Waals surface area contributed by atoms with E-state index in [9.17, 15) is 15.2 Å². The minimum Gasteiger partial charge on any atom is -0.507 e. The highest BCUT2D eigenvalue weighted by Gasteiger charge is 2.09. The lowest BCUT2D eigenvalue weighted by molar-refractivity contribution is -0.384. The first-order valence-corrected chi connectivity index (χ1v) is 5.88. The average molecular weight is 271 g/mol. The Hall–Kier alpha value is -2.89. The number of anilines is 1. The molecule has 0 amide bonds. The fourth-order valence-corrected chi connectivity index (χ4v) is 1.62. The van der Waals surface area contributed by atoms with Crippen LogP contribution in [-0.4, -0.2) is 23.3 Å². The number of hydrogen-bond donors (Lipinski definition) is 1. The molecular weight excluding hydrogens is 258 g/mol. The Morgan fingerprint density at radius 3 is 2.60 bits per heavy atom. The summed E-state index contributed by atoms with van der Waals surface area (Å²) in [6.45, 7) is 0. The van der Waals surface area contributed by atoms with Gasteiger partial charge in [0.05, 0.1) is 16.8 Å². The van der Waals surface area contributed by atoms with Gasteiger partial charge in [0.25, 0.3) is 5.69 Å². The monoisotopic (exact) mass is 271 g/mol. The number of phenols is 1. The normalized spacial score (nSPS) is 10.7. The third-order valence-electron chi connectivity index (χ3n) is 2.72. The Balaban J connectivity index is 2.23. The molecule has 1 N–H and O–H groups in total. The summed E-state index contributed by atoms with van der Waals surface area (Å²) in [5.74, 6) is -0.0548. The van der Waals surface area contributed by atoms with Crippen LogP contribution in [0.25, 0.3) is 0 Å². The minimum atomic E-state index is -0.516. The number of hydrogen-bond acceptors (Lipinski definition) is 5. The van der Waals surface area contributed by atoms with Crippen molar-refractivity contribution in [1.29, 1.82) is 0 Å². The number of rotatable bonds is 4. The van der Waals surface area contributed by atoms with E-state index in [-0.39, 0.29) is 11.4 Å². The van der Waals surface area contributed by atoms with Gasteiger partial charge in [-0.05, 0) is 18.2 Å². The van der Waals surface area contributed by atoms with Crippen molar-refractivity contribution in [3.8, 4) is 5.75 Å². The lowest BCUT2D eigenvalue weighted by Gasteiger charge is -2.12. The van der Waals surface area contributed by atoms with E-state index in [1.54, 1.807) is 12.1 Å². The third-order valence-corrected chi connectivity index (χ3v) is 2.72. The van der Waals surface area contributed by atoms with Crippen molar-refractivity contribution in [2.24, 2.45) is 5.10 Å². The van der Waals surface area contributed by atoms with Crippen LogP contribution in [0.15, 0.2) is 53.6 Å².